The van der Waals surface area contributed by atoms with Crippen LogP contribution in [0, 0.1) is 11.8 Å². The first-order chi connectivity index (χ1) is 12.9. The lowest BCUT2D eigenvalue weighted by molar-refractivity contribution is -0.133. The van der Waals surface area contributed by atoms with Crippen molar-refractivity contribution in [2.75, 3.05) is 33.9 Å². The number of para-hydroxylation sites is 1. The highest BCUT2D eigenvalue weighted by molar-refractivity contribution is 5.84. The largest absolute Gasteiger partial charge is 0.493 e. The number of ether oxygens (including phenoxy) is 2. The van der Waals surface area contributed by atoms with E-state index in [-0.39, 0.29) is 29.6 Å². The van der Waals surface area contributed by atoms with E-state index in [1.807, 2.05) is 32.0 Å². The van der Waals surface area contributed by atoms with Gasteiger partial charge in [0, 0.05) is 37.0 Å². The second kappa shape index (κ2) is 9.62. The van der Waals surface area contributed by atoms with Crippen molar-refractivity contribution in [3.63, 3.8) is 0 Å². The second-order valence-corrected chi connectivity index (χ2v) is 7.34. The molecule has 6 nitrogen and oxygen atoms in total. The summed E-state index contributed by atoms with van der Waals surface area (Å²) in [6, 6.07) is 5.70. The predicted molar refractivity (Wildman–Crippen MR) is 105 cm³/mol. The molecule has 0 aliphatic carbocycles. The Hall–Kier alpha value is -2.24. The molecule has 0 bridgehead atoms. The molecule has 1 aliphatic rings. The smallest absolute Gasteiger partial charge is 0.225 e. The molecule has 0 radical (unpaired) electrons. The molecular formula is C21H32N2O4. The van der Waals surface area contributed by atoms with E-state index in [0.717, 1.165) is 18.4 Å². The number of likely N-dealkylation sites (tertiary alicyclic amines) is 1. The van der Waals surface area contributed by atoms with Gasteiger partial charge < -0.3 is 19.7 Å². The van der Waals surface area contributed by atoms with Crippen LogP contribution in [-0.2, 0) is 9.59 Å². The molecule has 2 rings (SSSR count). The summed E-state index contributed by atoms with van der Waals surface area (Å²) < 4.78 is 11.0. The zero-order valence-corrected chi connectivity index (χ0v) is 17.1. The topological polar surface area (TPSA) is 67.9 Å². The molecule has 150 valence electrons. The maximum Gasteiger partial charge on any atom is 0.225 e. The van der Waals surface area contributed by atoms with Gasteiger partial charge in [-0.3, -0.25) is 9.59 Å². The molecule has 0 unspecified atom stereocenters. The lowest BCUT2D eigenvalue weighted by atomic mass is 9.87. The zero-order chi connectivity index (χ0) is 20.0. The van der Waals surface area contributed by atoms with Crippen LogP contribution in [0.4, 0.5) is 0 Å². The van der Waals surface area contributed by atoms with Gasteiger partial charge in [0.2, 0.25) is 11.8 Å². The molecule has 1 N–H and O–H groups in total. The number of hydrogen-bond donors (Lipinski definition) is 1. The van der Waals surface area contributed by atoms with Crippen LogP contribution in [0.5, 0.6) is 11.5 Å². The molecule has 2 amide bonds. The van der Waals surface area contributed by atoms with E-state index < -0.39 is 0 Å². The minimum Gasteiger partial charge on any atom is -0.493 e. The molecule has 6 heteroatoms. The van der Waals surface area contributed by atoms with Crippen molar-refractivity contribution in [2.45, 2.75) is 39.5 Å². The van der Waals surface area contributed by atoms with Gasteiger partial charge in [0.15, 0.2) is 11.5 Å². The fourth-order valence-electron chi connectivity index (χ4n) is 3.65. The summed E-state index contributed by atoms with van der Waals surface area (Å²) in [7, 11) is 3.20. The zero-order valence-electron chi connectivity index (χ0n) is 17.1. The Kier molecular flexibility index (Phi) is 7.51. The van der Waals surface area contributed by atoms with E-state index in [1.54, 1.807) is 19.1 Å². The van der Waals surface area contributed by atoms with Crippen molar-refractivity contribution < 1.29 is 19.1 Å². The SMILES string of the molecule is CCCCNC(=O)[C@H]1CN(C(=O)C(C)C)C[C@@H]1c1cccc(OC)c1OC. The molecule has 1 aromatic rings. The van der Waals surface area contributed by atoms with E-state index in [9.17, 15) is 9.59 Å². The minimum atomic E-state index is -0.300. The number of nitrogens with one attached hydrogen (secondary N) is 1. The summed E-state index contributed by atoms with van der Waals surface area (Å²) in [5.74, 6) is 0.816. The Labute approximate surface area is 162 Å². The predicted octanol–water partition coefficient (Wildman–Crippen LogP) is 2.82. The highest BCUT2D eigenvalue weighted by Gasteiger charge is 2.42. The maximum absolute atomic E-state index is 12.9. The number of amides is 2. The number of rotatable bonds is 8. The molecule has 27 heavy (non-hydrogen) atoms. The van der Waals surface area contributed by atoms with Crippen LogP contribution >= 0.6 is 0 Å². The number of benzene rings is 1. The van der Waals surface area contributed by atoms with Crippen molar-refractivity contribution in [1.29, 1.82) is 0 Å². The monoisotopic (exact) mass is 376 g/mol. The van der Waals surface area contributed by atoms with Gasteiger partial charge in [0.1, 0.15) is 0 Å². The Morgan fingerprint density at radius 1 is 1.22 bits per heavy atom. The normalized spacial score (nSPS) is 19.3. The molecular weight excluding hydrogens is 344 g/mol. The van der Waals surface area contributed by atoms with E-state index in [1.165, 1.54) is 0 Å². The first-order valence-electron chi connectivity index (χ1n) is 9.71. The first-order valence-corrected chi connectivity index (χ1v) is 9.71. The number of methoxy groups -OCH3 is 2. The average Bonchev–Trinajstić information content (AvgIpc) is 3.11. The van der Waals surface area contributed by atoms with Crippen LogP contribution < -0.4 is 14.8 Å². The standard InChI is InChI=1S/C21H32N2O4/c1-6-7-11-22-20(24)17-13-23(21(25)14(2)3)12-16(17)15-9-8-10-18(26-4)19(15)27-5/h8-10,14,16-17H,6-7,11-13H2,1-5H3,(H,22,24)/t16-,17+/m1/s1. The Morgan fingerprint density at radius 2 is 1.96 bits per heavy atom. The molecule has 1 aromatic carbocycles. The van der Waals surface area contributed by atoms with Crippen molar-refractivity contribution in [1.82, 2.24) is 10.2 Å². The van der Waals surface area contributed by atoms with Gasteiger partial charge in [-0.15, -0.1) is 0 Å². The Bertz CT molecular complexity index is 660. The van der Waals surface area contributed by atoms with E-state index in [0.29, 0.717) is 31.1 Å². The van der Waals surface area contributed by atoms with Gasteiger partial charge in [-0.05, 0) is 12.5 Å². The maximum atomic E-state index is 12.9. The van der Waals surface area contributed by atoms with E-state index in [4.69, 9.17) is 9.47 Å². The number of carbonyl (C=O) groups is 2. The van der Waals surface area contributed by atoms with Crippen molar-refractivity contribution in [3.05, 3.63) is 23.8 Å². The van der Waals surface area contributed by atoms with Crippen LogP contribution in [0.3, 0.4) is 0 Å². The summed E-state index contributed by atoms with van der Waals surface area (Å²) in [5, 5.41) is 3.03. The van der Waals surface area contributed by atoms with Gasteiger partial charge in [-0.2, -0.15) is 0 Å². The summed E-state index contributed by atoms with van der Waals surface area (Å²) in [6.45, 7) is 7.46. The van der Waals surface area contributed by atoms with Crippen LogP contribution in [-0.4, -0.2) is 50.6 Å². The Balaban J connectivity index is 2.34. The number of carbonyl (C=O) groups excluding carboxylic acids is 2. The molecule has 2 atom stereocenters. The minimum absolute atomic E-state index is 0.00243. The van der Waals surface area contributed by atoms with Gasteiger partial charge in [0.05, 0.1) is 20.1 Å². The van der Waals surface area contributed by atoms with Crippen molar-refractivity contribution in [3.8, 4) is 11.5 Å². The quantitative estimate of drug-likeness (QED) is 0.709. The van der Waals surface area contributed by atoms with Gasteiger partial charge >= 0.3 is 0 Å². The molecule has 1 aliphatic heterocycles. The van der Waals surface area contributed by atoms with Crippen molar-refractivity contribution in [2.24, 2.45) is 11.8 Å². The third kappa shape index (κ3) is 4.73. The second-order valence-electron chi connectivity index (χ2n) is 7.34. The lowest BCUT2D eigenvalue weighted by Crippen LogP contribution is -2.37. The summed E-state index contributed by atoms with van der Waals surface area (Å²) >= 11 is 0. The summed E-state index contributed by atoms with van der Waals surface area (Å²) in [5.41, 5.74) is 0.909. The molecule has 1 saturated heterocycles. The molecule has 0 spiro atoms. The van der Waals surface area contributed by atoms with Gasteiger partial charge in [-0.25, -0.2) is 0 Å². The van der Waals surface area contributed by atoms with Crippen LogP contribution in [0.15, 0.2) is 18.2 Å². The highest BCUT2D eigenvalue weighted by Crippen LogP contribution is 2.42. The molecule has 1 heterocycles. The molecule has 0 saturated carbocycles. The molecule has 1 fully saturated rings. The van der Waals surface area contributed by atoms with E-state index >= 15 is 0 Å². The first kappa shape index (κ1) is 21.1. The fraction of sp³-hybridized carbons (Fsp3) is 0.619. The number of hydrogen-bond acceptors (Lipinski definition) is 4. The summed E-state index contributed by atoms with van der Waals surface area (Å²) in [6.07, 6.45) is 1.97. The fourth-order valence-corrected chi connectivity index (χ4v) is 3.65. The van der Waals surface area contributed by atoms with Crippen LogP contribution in [0.2, 0.25) is 0 Å². The number of unbranched alkanes of at least 4 members (excludes halogenated alkanes) is 1. The van der Waals surface area contributed by atoms with E-state index in [2.05, 4.69) is 12.2 Å². The Morgan fingerprint density at radius 3 is 2.56 bits per heavy atom. The molecule has 0 aromatic heterocycles. The highest BCUT2D eigenvalue weighted by atomic mass is 16.5. The van der Waals surface area contributed by atoms with Crippen LogP contribution in [0.25, 0.3) is 0 Å². The average molecular weight is 376 g/mol. The van der Waals surface area contributed by atoms with Gasteiger partial charge in [-0.1, -0.05) is 39.3 Å². The third-order valence-electron chi connectivity index (χ3n) is 5.12. The summed E-state index contributed by atoms with van der Waals surface area (Å²) in [4.78, 5) is 27.2. The van der Waals surface area contributed by atoms with Crippen LogP contribution in [0.1, 0.15) is 45.1 Å². The lowest BCUT2D eigenvalue weighted by Gasteiger charge is -2.21. The third-order valence-corrected chi connectivity index (χ3v) is 5.12. The number of nitrogens with zero attached hydrogens (tertiary/aromatic N) is 1. The van der Waals surface area contributed by atoms with Crippen molar-refractivity contribution >= 4 is 11.8 Å². The van der Waals surface area contributed by atoms with Gasteiger partial charge in [0.25, 0.3) is 0 Å².